The normalized spacial score (nSPS) is 9.00. The van der Waals surface area contributed by atoms with Gasteiger partial charge in [-0.1, -0.05) is 14.9 Å². The minimum atomic E-state index is -0.954. The number of hydrogen-bond donors (Lipinski definition) is 5. The average Bonchev–Trinajstić information content (AvgIpc) is 2.18. The summed E-state index contributed by atoms with van der Waals surface area (Å²) in [6, 6.07) is 0. The summed E-state index contributed by atoms with van der Waals surface area (Å²) in [5.74, 6) is 0. The molecule has 5 N–H and O–H groups in total. The lowest BCUT2D eigenvalue weighted by atomic mass is 10.4. The summed E-state index contributed by atoms with van der Waals surface area (Å²) in [6.45, 7) is 0.876. The molecular formula is C10H29NO5. The number of aliphatic hydroxyl groups excluding tert-OH is 5. The summed E-state index contributed by atoms with van der Waals surface area (Å²) in [7, 11) is 1.85. The molecule has 0 aliphatic heterocycles. The van der Waals surface area contributed by atoms with Crippen molar-refractivity contribution in [3.05, 3.63) is 0 Å². The van der Waals surface area contributed by atoms with Crippen LogP contribution in [0.2, 0.25) is 0 Å². The zero-order chi connectivity index (χ0) is 11.4. The number of rotatable bonds is 6. The van der Waals surface area contributed by atoms with Crippen LogP contribution in [-0.4, -0.2) is 83.1 Å². The Morgan fingerprint density at radius 1 is 0.875 bits per heavy atom. The smallest absolute Gasteiger partial charge is 0.100 e. The van der Waals surface area contributed by atoms with E-state index in [-0.39, 0.29) is 41.3 Å². The van der Waals surface area contributed by atoms with E-state index in [1.807, 2.05) is 11.9 Å². The molecule has 0 atom stereocenters. The van der Waals surface area contributed by atoms with E-state index in [2.05, 4.69) is 0 Å². The summed E-state index contributed by atoms with van der Waals surface area (Å²) < 4.78 is 0. The summed E-state index contributed by atoms with van der Waals surface area (Å²) in [5.41, 5.74) is 0. The molecule has 0 unspecified atom stereocenters. The molecule has 16 heavy (non-hydrogen) atoms. The van der Waals surface area contributed by atoms with Crippen molar-refractivity contribution in [3.63, 3.8) is 0 Å². The van der Waals surface area contributed by atoms with Gasteiger partial charge in [0.2, 0.25) is 0 Å². The van der Waals surface area contributed by atoms with Crippen LogP contribution in [-0.2, 0) is 0 Å². The third kappa shape index (κ3) is 23.5. The fraction of sp³-hybridized carbons (Fsp3) is 1.00. The first-order valence-electron chi connectivity index (χ1n) is 4.42. The van der Waals surface area contributed by atoms with Gasteiger partial charge in [0, 0.05) is 13.1 Å². The molecule has 6 nitrogen and oxygen atoms in total. The monoisotopic (exact) mass is 243 g/mol. The number of likely N-dealkylation sites (N-methyl/N-ethyl adjacent to an activating group) is 1. The minimum absolute atomic E-state index is 0. The van der Waals surface area contributed by atoms with Crippen molar-refractivity contribution in [3.8, 4) is 0 Å². The van der Waals surface area contributed by atoms with Crippen LogP contribution in [0.5, 0.6) is 0 Å². The molecule has 0 bridgehead atoms. The second-order valence-corrected chi connectivity index (χ2v) is 2.77. The lowest BCUT2D eigenvalue weighted by molar-refractivity contribution is 0.0450. The Bertz CT molecular complexity index is 95.2. The van der Waals surface area contributed by atoms with Crippen molar-refractivity contribution in [2.45, 2.75) is 21.0 Å². The van der Waals surface area contributed by atoms with E-state index in [0.29, 0.717) is 13.1 Å². The van der Waals surface area contributed by atoms with Crippen LogP contribution in [0, 0.1) is 0 Å². The van der Waals surface area contributed by atoms with Crippen LogP contribution in [0.4, 0.5) is 0 Å². The highest BCUT2D eigenvalue weighted by Crippen LogP contribution is 1.76. The molecule has 0 heterocycles. The summed E-state index contributed by atoms with van der Waals surface area (Å²) in [6.07, 6.45) is -0.954. The summed E-state index contributed by atoms with van der Waals surface area (Å²) >= 11 is 0. The van der Waals surface area contributed by atoms with Crippen LogP contribution < -0.4 is 0 Å². The van der Waals surface area contributed by atoms with Gasteiger partial charge in [-0.25, -0.2) is 0 Å². The molecule has 0 aromatic heterocycles. The standard InChI is InChI=1S/C5H13NO2.C3H8O3.2CH4/c1-6(2-4-7)3-5-8;4-1-3(6)2-5;;/h7-8H,2-5H2,1H3;3-6H,1-2H2;2*1H4. The van der Waals surface area contributed by atoms with E-state index < -0.39 is 6.10 Å². The van der Waals surface area contributed by atoms with E-state index in [0.717, 1.165) is 0 Å². The van der Waals surface area contributed by atoms with Gasteiger partial charge in [-0.2, -0.15) is 0 Å². The largest absolute Gasteiger partial charge is 0.395 e. The first-order chi connectivity index (χ1) is 6.62. The first-order valence-corrected chi connectivity index (χ1v) is 4.42. The van der Waals surface area contributed by atoms with Crippen molar-refractivity contribution in [2.24, 2.45) is 0 Å². The van der Waals surface area contributed by atoms with Gasteiger partial charge in [0.05, 0.1) is 26.4 Å². The average molecular weight is 243 g/mol. The number of hydrogen-bond acceptors (Lipinski definition) is 6. The van der Waals surface area contributed by atoms with Gasteiger partial charge in [0.15, 0.2) is 0 Å². The molecule has 0 rings (SSSR count). The first kappa shape index (κ1) is 24.8. The van der Waals surface area contributed by atoms with Crippen LogP contribution >= 0.6 is 0 Å². The van der Waals surface area contributed by atoms with Crippen molar-refractivity contribution in [1.29, 1.82) is 0 Å². The van der Waals surface area contributed by atoms with Crippen LogP contribution in [0.1, 0.15) is 14.9 Å². The quantitative estimate of drug-likeness (QED) is 0.389. The van der Waals surface area contributed by atoms with Gasteiger partial charge in [0.1, 0.15) is 6.10 Å². The van der Waals surface area contributed by atoms with E-state index in [9.17, 15) is 0 Å². The van der Waals surface area contributed by atoms with Crippen LogP contribution in [0.25, 0.3) is 0 Å². The molecule has 104 valence electrons. The third-order valence-electron chi connectivity index (χ3n) is 1.38. The highest BCUT2D eigenvalue weighted by Gasteiger charge is 1.93. The fourth-order valence-corrected chi connectivity index (χ4v) is 0.511. The van der Waals surface area contributed by atoms with Crippen LogP contribution in [0.15, 0.2) is 0 Å². The lowest BCUT2D eigenvalue weighted by Gasteiger charge is -2.11. The van der Waals surface area contributed by atoms with Gasteiger partial charge >= 0.3 is 0 Å². The molecule has 6 heteroatoms. The Morgan fingerprint density at radius 2 is 1.19 bits per heavy atom. The van der Waals surface area contributed by atoms with Gasteiger partial charge in [-0.3, -0.25) is 0 Å². The minimum Gasteiger partial charge on any atom is -0.395 e. The molecular weight excluding hydrogens is 214 g/mol. The molecule has 0 amide bonds. The Morgan fingerprint density at radius 3 is 1.31 bits per heavy atom. The predicted molar refractivity (Wildman–Crippen MR) is 65.3 cm³/mol. The SMILES string of the molecule is C.C.CN(CCO)CCO.OCC(O)CO. The summed E-state index contributed by atoms with van der Waals surface area (Å²) in [4.78, 5) is 1.86. The van der Waals surface area contributed by atoms with Crippen molar-refractivity contribution >= 4 is 0 Å². The fourth-order valence-electron chi connectivity index (χ4n) is 0.511. The van der Waals surface area contributed by atoms with Gasteiger partial charge in [0.25, 0.3) is 0 Å². The lowest BCUT2D eigenvalue weighted by Crippen LogP contribution is -2.25. The molecule has 0 aromatic carbocycles. The van der Waals surface area contributed by atoms with Gasteiger partial charge < -0.3 is 30.4 Å². The predicted octanol–water partition coefficient (Wildman–Crippen LogP) is -1.49. The molecule has 0 aromatic rings. The maximum atomic E-state index is 8.34. The zero-order valence-electron chi connectivity index (χ0n) is 8.50. The van der Waals surface area contributed by atoms with Gasteiger partial charge in [-0.15, -0.1) is 0 Å². The second kappa shape index (κ2) is 20.2. The molecule has 0 radical (unpaired) electrons. The topological polar surface area (TPSA) is 104 Å². The van der Waals surface area contributed by atoms with E-state index in [1.54, 1.807) is 0 Å². The maximum absolute atomic E-state index is 8.34. The molecule has 0 aliphatic carbocycles. The zero-order valence-corrected chi connectivity index (χ0v) is 8.50. The molecule has 0 saturated carbocycles. The van der Waals surface area contributed by atoms with Crippen molar-refractivity contribution in [1.82, 2.24) is 4.90 Å². The van der Waals surface area contributed by atoms with E-state index in [1.165, 1.54) is 0 Å². The number of aliphatic hydroxyl groups is 5. The Balaban J connectivity index is -0.0000000825. The highest BCUT2D eigenvalue weighted by molar-refractivity contribution is 4.45. The van der Waals surface area contributed by atoms with E-state index >= 15 is 0 Å². The third-order valence-corrected chi connectivity index (χ3v) is 1.38. The molecule has 0 spiro atoms. The highest BCUT2D eigenvalue weighted by atomic mass is 16.3. The Kier molecular flexibility index (Phi) is 31.4. The number of nitrogens with zero attached hydrogens (tertiary/aromatic N) is 1. The molecule has 0 aliphatic rings. The summed E-state index contributed by atoms with van der Waals surface area (Å²) in [5, 5.41) is 40.7. The van der Waals surface area contributed by atoms with Crippen molar-refractivity contribution in [2.75, 3.05) is 46.6 Å². The van der Waals surface area contributed by atoms with Crippen molar-refractivity contribution < 1.29 is 25.5 Å². The maximum Gasteiger partial charge on any atom is 0.100 e. The Hall–Kier alpha value is -0.240. The van der Waals surface area contributed by atoms with Crippen LogP contribution in [0.3, 0.4) is 0 Å². The van der Waals surface area contributed by atoms with E-state index in [4.69, 9.17) is 25.5 Å². The second-order valence-electron chi connectivity index (χ2n) is 2.77. The Labute approximate surface area is 98.8 Å². The molecule has 0 fully saturated rings. The molecule has 0 saturated heterocycles. The van der Waals surface area contributed by atoms with Gasteiger partial charge in [-0.05, 0) is 7.05 Å².